The fraction of sp³-hybridized carbons (Fsp3) is 0.375. The minimum atomic E-state index is -0.761. The van der Waals surface area contributed by atoms with Crippen molar-refractivity contribution in [2.45, 2.75) is 50.6 Å². The van der Waals surface area contributed by atoms with Crippen molar-refractivity contribution < 1.29 is 14.4 Å². The average molecular weight is 442 g/mol. The van der Waals surface area contributed by atoms with Crippen LogP contribution in [0.2, 0.25) is 5.02 Å². The summed E-state index contributed by atoms with van der Waals surface area (Å²) in [6.45, 7) is 0.222. The maximum Gasteiger partial charge on any atom is 0.251 e. The maximum absolute atomic E-state index is 12.8. The first-order valence-corrected chi connectivity index (χ1v) is 11.1. The second-order valence-electron chi connectivity index (χ2n) is 7.81. The number of carbonyl (C=O) groups is 3. The highest BCUT2D eigenvalue weighted by Gasteiger charge is 2.22. The molecular weight excluding hydrogens is 414 g/mol. The first-order valence-electron chi connectivity index (χ1n) is 10.7. The van der Waals surface area contributed by atoms with Gasteiger partial charge in [-0.25, -0.2) is 0 Å². The Bertz CT molecular complexity index is 881. The number of amides is 3. The van der Waals surface area contributed by atoms with Gasteiger partial charge in [0.2, 0.25) is 11.8 Å². The lowest BCUT2D eigenvalue weighted by atomic mass is 10.0. The molecule has 0 radical (unpaired) electrons. The normalized spacial score (nSPS) is 14.6. The molecule has 0 saturated heterocycles. The summed E-state index contributed by atoms with van der Waals surface area (Å²) >= 11 is 5.89. The van der Waals surface area contributed by atoms with E-state index in [2.05, 4.69) is 16.0 Å². The van der Waals surface area contributed by atoms with Gasteiger partial charge in [0.1, 0.15) is 6.04 Å². The van der Waals surface area contributed by atoms with Gasteiger partial charge in [0.25, 0.3) is 5.91 Å². The molecule has 3 rings (SSSR count). The van der Waals surface area contributed by atoms with Gasteiger partial charge in [-0.3, -0.25) is 14.4 Å². The zero-order chi connectivity index (χ0) is 22.1. The van der Waals surface area contributed by atoms with Gasteiger partial charge in [-0.15, -0.1) is 0 Å². The van der Waals surface area contributed by atoms with Crippen LogP contribution in [0.1, 0.15) is 48.0 Å². The highest BCUT2D eigenvalue weighted by Crippen LogP contribution is 2.17. The smallest absolute Gasteiger partial charge is 0.251 e. The number of benzene rings is 2. The summed E-state index contributed by atoms with van der Waals surface area (Å²) < 4.78 is 0. The quantitative estimate of drug-likeness (QED) is 0.558. The summed E-state index contributed by atoms with van der Waals surface area (Å²) in [5.41, 5.74) is 1.35. The fourth-order valence-corrected chi connectivity index (χ4v) is 3.82. The van der Waals surface area contributed by atoms with Crippen LogP contribution in [0.15, 0.2) is 54.6 Å². The molecule has 0 heterocycles. The molecule has 3 amide bonds. The van der Waals surface area contributed by atoms with Gasteiger partial charge in [0.15, 0.2) is 0 Å². The third kappa shape index (κ3) is 7.40. The van der Waals surface area contributed by atoms with Crippen molar-refractivity contribution in [3.05, 3.63) is 70.7 Å². The van der Waals surface area contributed by atoms with Crippen LogP contribution in [-0.4, -0.2) is 36.3 Å². The number of halogens is 1. The molecule has 2 aromatic rings. The van der Waals surface area contributed by atoms with E-state index >= 15 is 0 Å². The number of rotatable bonds is 9. The van der Waals surface area contributed by atoms with Crippen molar-refractivity contribution in [1.82, 2.24) is 16.0 Å². The Morgan fingerprint density at radius 2 is 1.65 bits per heavy atom. The Balaban J connectivity index is 1.56. The SMILES string of the molecule is O=C(CCNC(=O)C(Cc1ccccc1)NC(=O)c1ccc(Cl)cc1)NC1CCCC1. The van der Waals surface area contributed by atoms with Crippen LogP contribution in [0, 0.1) is 0 Å². The molecule has 1 atom stereocenters. The van der Waals surface area contributed by atoms with Crippen molar-refractivity contribution in [1.29, 1.82) is 0 Å². The summed E-state index contributed by atoms with van der Waals surface area (Å²) in [6.07, 6.45) is 4.90. The zero-order valence-corrected chi connectivity index (χ0v) is 18.2. The molecule has 1 aliphatic rings. The lowest BCUT2D eigenvalue weighted by Gasteiger charge is -2.19. The number of nitrogens with one attached hydrogen (secondary N) is 3. The van der Waals surface area contributed by atoms with Gasteiger partial charge in [-0.2, -0.15) is 0 Å². The van der Waals surface area contributed by atoms with Crippen LogP contribution >= 0.6 is 11.6 Å². The second-order valence-corrected chi connectivity index (χ2v) is 8.25. The van der Waals surface area contributed by atoms with Crippen LogP contribution in [0.4, 0.5) is 0 Å². The first kappa shape index (κ1) is 22.8. The number of hydrogen-bond acceptors (Lipinski definition) is 3. The molecule has 0 aliphatic heterocycles. The van der Waals surface area contributed by atoms with Crippen LogP contribution in [0.25, 0.3) is 0 Å². The topological polar surface area (TPSA) is 87.3 Å². The van der Waals surface area contributed by atoms with Crippen molar-refractivity contribution in [2.75, 3.05) is 6.54 Å². The van der Waals surface area contributed by atoms with Gasteiger partial charge < -0.3 is 16.0 Å². The molecule has 3 N–H and O–H groups in total. The lowest BCUT2D eigenvalue weighted by molar-refractivity contribution is -0.123. The van der Waals surface area contributed by atoms with E-state index in [9.17, 15) is 14.4 Å². The van der Waals surface area contributed by atoms with Gasteiger partial charge in [-0.1, -0.05) is 54.8 Å². The summed E-state index contributed by atoms with van der Waals surface area (Å²) in [4.78, 5) is 37.5. The molecule has 0 spiro atoms. The Morgan fingerprint density at radius 3 is 2.32 bits per heavy atom. The van der Waals surface area contributed by atoms with Gasteiger partial charge >= 0.3 is 0 Å². The molecule has 1 saturated carbocycles. The molecule has 2 aromatic carbocycles. The fourth-order valence-electron chi connectivity index (χ4n) is 3.69. The monoisotopic (exact) mass is 441 g/mol. The number of carbonyl (C=O) groups excluding carboxylic acids is 3. The summed E-state index contributed by atoms with van der Waals surface area (Å²) in [5, 5.41) is 9.13. The second kappa shape index (κ2) is 11.5. The van der Waals surface area contributed by atoms with Crippen molar-refractivity contribution in [2.24, 2.45) is 0 Å². The molecule has 31 heavy (non-hydrogen) atoms. The van der Waals surface area contributed by atoms with E-state index in [1.165, 1.54) is 0 Å². The minimum Gasteiger partial charge on any atom is -0.354 e. The van der Waals surface area contributed by atoms with Gasteiger partial charge in [0, 0.05) is 36.0 Å². The average Bonchev–Trinajstić information content (AvgIpc) is 3.27. The van der Waals surface area contributed by atoms with Gasteiger partial charge in [0.05, 0.1) is 0 Å². The third-order valence-corrected chi connectivity index (χ3v) is 5.63. The highest BCUT2D eigenvalue weighted by atomic mass is 35.5. The van der Waals surface area contributed by atoms with Crippen molar-refractivity contribution in [3.8, 4) is 0 Å². The van der Waals surface area contributed by atoms with Crippen LogP contribution in [-0.2, 0) is 16.0 Å². The molecule has 0 bridgehead atoms. The zero-order valence-electron chi connectivity index (χ0n) is 17.4. The molecule has 1 unspecified atom stereocenters. The number of hydrogen-bond donors (Lipinski definition) is 3. The van der Waals surface area contributed by atoms with Crippen LogP contribution in [0.5, 0.6) is 0 Å². The molecule has 6 nitrogen and oxygen atoms in total. The van der Waals surface area contributed by atoms with E-state index in [-0.39, 0.29) is 36.7 Å². The Morgan fingerprint density at radius 1 is 0.968 bits per heavy atom. The molecule has 0 aromatic heterocycles. The molecule has 1 aliphatic carbocycles. The Hall–Kier alpha value is -2.86. The summed E-state index contributed by atoms with van der Waals surface area (Å²) in [7, 11) is 0. The van der Waals surface area contributed by atoms with Crippen LogP contribution in [0.3, 0.4) is 0 Å². The lowest BCUT2D eigenvalue weighted by Crippen LogP contribution is -2.48. The standard InChI is InChI=1S/C24H28ClN3O3/c25-19-12-10-18(11-13-19)23(30)28-21(16-17-6-2-1-3-7-17)24(31)26-15-14-22(29)27-20-8-4-5-9-20/h1-3,6-7,10-13,20-21H,4-5,8-9,14-16H2,(H,26,31)(H,27,29)(H,28,30). The minimum absolute atomic E-state index is 0.0583. The molecular formula is C24H28ClN3O3. The highest BCUT2D eigenvalue weighted by molar-refractivity contribution is 6.30. The predicted octanol–water partition coefficient (Wildman–Crippen LogP) is 3.25. The molecule has 164 valence electrons. The third-order valence-electron chi connectivity index (χ3n) is 5.38. The summed E-state index contributed by atoms with van der Waals surface area (Å²) in [5.74, 6) is -0.733. The maximum atomic E-state index is 12.8. The van der Waals surface area contributed by atoms with Crippen LogP contribution < -0.4 is 16.0 Å². The van der Waals surface area contributed by atoms with E-state index in [1.807, 2.05) is 30.3 Å². The first-order chi connectivity index (χ1) is 15.0. The largest absolute Gasteiger partial charge is 0.354 e. The van der Waals surface area contributed by atoms with E-state index in [4.69, 9.17) is 11.6 Å². The Labute approximate surface area is 187 Å². The molecule has 1 fully saturated rings. The van der Waals surface area contributed by atoms with Crippen molar-refractivity contribution in [3.63, 3.8) is 0 Å². The Kier molecular flexibility index (Phi) is 8.47. The summed E-state index contributed by atoms with van der Waals surface area (Å²) in [6, 6.07) is 15.5. The van der Waals surface area contributed by atoms with E-state index in [0.29, 0.717) is 17.0 Å². The van der Waals surface area contributed by atoms with E-state index in [0.717, 1.165) is 31.2 Å². The van der Waals surface area contributed by atoms with Crippen molar-refractivity contribution >= 4 is 29.3 Å². The van der Waals surface area contributed by atoms with E-state index in [1.54, 1.807) is 24.3 Å². The predicted molar refractivity (Wildman–Crippen MR) is 121 cm³/mol. The molecule has 7 heteroatoms. The van der Waals surface area contributed by atoms with Gasteiger partial charge in [-0.05, 0) is 42.7 Å². The van der Waals surface area contributed by atoms with E-state index < -0.39 is 6.04 Å².